The van der Waals surface area contributed by atoms with Crippen LogP contribution in [0.3, 0.4) is 0 Å². The Bertz CT molecular complexity index is 1440. The van der Waals surface area contributed by atoms with E-state index in [2.05, 4.69) is 15.8 Å². The van der Waals surface area contributed by atoms with Gasteiger partial charge >= 0.3 is 0 Å². The SMILES string of the molecule is CN(C)c1ccc(C=C(NC(=O)c2ccccc2)C(=O)N/N=C/c2c(O)ccc3ccccc23)cc1. The van der Waals surface area contributed by atoms with Crippen LogP contribution in [0.5, 0.6) is 5.75 Å². The van der Waals surface area contributed by atoms with E-state index >= 15 is 0 Å². The quantitative estimate of drug-likeness (QED) is 0.207. The molecule has 0 aromatic heterocycles. The van der Waals surface area contributed by atoms with Gasteiger partial charge in [0.2, 0.25) is 0 Å². The van der Waals surface area contributed by atoms with Gasteiger partial charge in [-0.3, -0.25) is 9.59 Å². The summed E-state index contributed by atoms with van der Waals surface area (Å²) < 4.78 is 0. The van der Waals surface area contributed by atoms with E-state index in [1.807, 2.05) is 79.7 Å². The molecular formula is C29H26N4O3. The molecule has 7 heteroatoms. The molecule has 0 fully saturated rings. The Morgan fingerprint density at radius 1 is 0.861 bits per heavy atom. The predicted molar refractivity (Wildman–Crippen MR) is 144 cm³/mol. The van der Waals surface area contributed by atoms with Gasteiger partial charge in [0, 0.05) is 30.9 Å². The van der Waals surface area contributed by atoms with Crippen LogP contribution in [0.4, 0.5) is 5.69 Å². The van der Waals surface area contributed by atoms with Crippen LogP contribution < -0.4 is 15.6 Å². The van der Waals surface area contributed by atoms with Crippen LogP contribution in [-0.2, 0) is 4.79 Å². The summed E-state index contributed by atoms with van der Waals surface area (Å²) in [4.78, 5) is 27.8. The van der Waals surface area contributed by atoms with Crippen molar-refractivity contribution in [2.45, 2.75) is 0 Å². The van der Waals surface area contributed by atoms with E-state index < -0.39 is 11.8 Å². The van der Waals surface area contributed by atoms with E-state index in [1.165, 1.54) is 6.21 Å². The van der Waals surface area contributed by atoms with E-state index in [1.54, 1.807) is 36.4 Å². The highest BCUT2D eigenvalue weighted by atomic mass is 16.3. The van der Waals surface area contributed by atoms with E-state index in [0.717, 1.165) is 22.0 Å². The van der Waals surface area contributed by atoms with Crippen molar-refractivity contribution in [2.75, 3.05) is 19.0 Å². The van der Waals surface area contributed by atoms with E-state index in [0.29, 0.717) is 11.1 Å². The molecule has 2 amide bonds. The molecule has 36 heavy (non-hydrogen) atoms. The number of anilines is 1. The molecule has 0 heterocycles. The van der Waals surface area contributed by atoms with Crippen molar-refractivity contribution < 1.29 is 14.7 Å². The van der Waals surface area contributed by atoms with Gasteiger partial charge in [-0.1, -0.05) is 60.7 Å². The normalized spacial score (nSPS) is 11.4. The maximum atomic E-state index is 13.0. The molecule has 0 saturated heterocycles. The van der Waals surface area contributed by atoms with Gasteiger partial charge < -0.3 is 15.3 Å². The summed E-state index contributed by atoms with van der Waals surface area (Å²) in [6, 6.07) is 27.1. The Morgan fingerprint density at radius 2 is 1.56 bits per heavy atom. The van der Waals surface area contributed by atoms with Gasteiger partial charge in [0.05, 0.1) is 6.21 Å². The van der Waals surface area contributed by atoms with Crippen molar-refractivity contribution in [3.8, 4) is 5.75 Å². The molecule has 4 aromatic rings. The second kappa shape index (κ2) is 11.0. The monoisotopic (exact) mass is 478 g/mol. The van der Waals surface area contributed by atoms with Crippen LogP contribution in [0, 0.1) is 0 Å². The number of carbonyl (C=O) groups is 2. The summed E-state index contributed by atoms with van der Waals surface area (Å²) in [5, 5.41) is 18.8. The lowest BCUT2D eigenvalue weighted by molar-refractivity contribution is -0.117. The molecule has 0 atom stereocenters. The average Bonchev–Trinajstić information content (AvgIpc) is 2.90. The van der Waals surface area contributed by atoms with Gasteiger partial charge in [0.1, 0.15) is 11.4 Å². The lowest BCUT2D eigenvalue weighted by Gasteiger charge is -2.13. The van der Waals surface area contributed by atoms with Crippen LogP contribution in [-0.4, -0.2) is 37.2 Å². The van der Waals surface area contributed by atoms with Gasteiger partial charge in [-0.25, -0.2) is 5.43 Å². The first-order chi connectivity index (χ1) is 17.4. The molecule has 3 N–H and O–H groups in total. The summed E-state index contributed by atoms with van der Waals surface area (Å²) in [6.07, 6.45) is 2.97. The highest BCUT2D eigenvalue weighted by Crippen LogP contribution is 2.25. The summed E-state index contributed by atoms with van der Waals surface area (Å²) in [6.45, 7) is 0. The number of aromatic hydroxyl groups is 1. The largest absolute Gasteiger partial charge is 0.507 e. The standard InChI is InChI=1S/C29H26N4O3/c1-33(2)23-15-12-20(13-16-23)18-26(31-28(35)22-9-4-3-5-10-22)29(36)32-30-19-25-24-11-7-6-8-21(24)14-17-27(25)34/h3-19,34H,1-2H3,(H,31,35)(H,32,36)/b26-18?,30-19+. The van der Waals surface area contributed by atoms with Gasteiger partial charge in [-0.2, -0.15) is 5.10 Å². The van der Waals surface area contributed by atoms with Gasteiger partial charge in [0.15, 0.2) is 0 Å². The van der Waals surface area contributed by atoms with E-state index in [9.17, 15) is 14.7 Å². The molecule has 4 rings (SSSR count). The third-order valence-electron chi connectivity index (χ3n) is 5.56. The van der Waals surface area contributed by atoms with E-state index in [-0.39, 0.29) is 11.4 Å². The minimum absolute atomic E-state index is 0.0285. The molecule has 180 valence electrons. The fraction of sp³-hybridized carbons (Fsp3) is 0.0690. The second-order valence-electron chi connectivity index (χ2n) is 8.28. The molecule has 0 aliphatic carbocycles. The topological polar surface area (TPSA) is 94.0 Å². The lowest BCUT2D eigenvalue weighted by atomic mass is 10.0. The first-order valence-electron chi connectivity index (χ1n) is 11.3. The number of nitrogens with one attached hydrogen (secondary N) is 2. The maximum Gasteiger partial charge on any atom is 0.287 e. The zero-order valence-corrected chi connectivity index (χ0v) is 20.0. The first-order valence-corrected chi connectivity index (χ1v) is 11.3. The minimum Gasteiger partial charge on any atom is -0.507 e. The number of phenols is 1. The van der Waals surface area contributed by atoms with Gasteiger partial charge in [0.25, 0.3) is 11.8 Å². The number of hydrogen-bond donors (Lipinski definition) is 3. The van der Waals surface area contributed by atoms with Crippen molar-refractivity contribution in [1.29, 1.82) is 0 Å². The molecule has 0 unspecified atom stereocenters. The van der Waals surface area contributed by atoms with Crippen molar-refractivity contribution in [2.24, 2.45) is 5.10 Å². The average molecular weight is 479 g/mol. The molecule has 0 aliphatic rings. The fourth-order valence-electron chi connectivity index (χ4n) is 3.61. The number of amides is 2. The molecular weight excluding hydrogens is 452 g/mol. The third kappa shape index (κ3) is 5.77. The Balaban J connectivity index is 1.59. The summed E-state index contributed by atoms with van der Waals surface area (Å²) in [7, 11) is 3.88. The lowest BCUT2D eigenvalue weighted by Crippen LogP contribution is -2.32. The number of hydrogen-bond acceptors (Lipinski definition) is 5. The molecule has 4 aromatic carbocycles. The van der Waals surface area contributed by atoms with Crippen molar-refractivity contribution in [3.63, 3.8) is 0 Å². The zero-order valence-electron chi connectivity index (χ0n) is 20.0. The summed E-state index contributed by atoms with van der Waals surface area (Å²) >= 11 is 0. The summed E-state index contributed by atoms with van der Waals surface area (Å²) in [5.41, 5.74) is 5.12. The smallest absolute Gasteiger partial charge is 0.287 e. The Kier molecular flexibility index (Phi) is 7.41. The van der Waals surface area contributed by atoms with Crippen LogP contribution in [0.25, 0.3) is 16.8 Å². The zero-order chi connectivity index (χ0) is 25.5. The van der Waals surface area contributed by atoms with Crippen molar-refractivity contribution in [3.05, 3.63) is 113 Å². The number of rotatable bonds is 7. The van der Waals surface area contributed by atoms with E-state index in [4.69, 9.17) is 0 Å². The Labute approximate surface area is 209 Å². The van der Waals surface area contributed by atoms with Crippen LogP contribution in [0.15, 0.2) is 102 Å². The molecule has 0 radical (unpaired) electrons. The van der Waals surface area contributed by atoms with Crippen LogP contribution in [0.2, 0.25) is 0 Å². The highest BCUT2D eigenvalue weighted by Gasteiger charge is 2.14. The predicted octanol–water partition coefficient (Wildman–Crippen LogP) is 4.53. The third-order valence-corrected chi connectivity index (χ3v) is 5.56. The molecule has 0 bridgehead atoms. The van der Waals surface area contributed by atoms with Crippen molar-refractivity contribution in [1.82, 2.24) is 10.7 Å². The Hall–Kier alpha value is -4.91. The molecule has 7 nitrogen and oxygen atoms in total. The van der Waals surface area contributed by atoms with Gasteiger partial charge in [-0.05, 0) is 52.7 Å². The van der Waals surface area contributed by atoms with Crippen LogP contribution in [0.1, 0.15) is 21.5 Å². The second-order valence-corrected chi connectivity index (χ2v) is 8.28. The molecule has 0 saturated carbocycles. The van der Waals surface area contributed by atoms with Crippen LogP contribution >= 0.6 is 0 Å². The number of fused-ring (bicyclic) bond motifs is 1. The first kappa shape index (κ1) is 24.2. The molecule has 0 aliphatic heterocycles. The summed E-state index contributed by atoms with van der Waals surface area (Å²) in [5.74, 6) is -0.981. The Morgan fingerprint density at radius 3 is 2.28 bits per heavy atom. The highest BCUT2D eigenvalue weighted by molar-refractivity contribution is 6.06. The number of benzene rings is 4. The fourth-order valence-corrected chi connectivity index (χ4v) is 3.61. The number of carbonyl (C=O) groups excluding carboxylic acids is 2. The minimum atomic E-state index is -0.605. The van der Waals surface area contributed by atoms with Crippen molar-refractivity contribution >= 4 is 40.6 Å². The number of hydrazone groups is 1. The molecule has 0 spiro atoms. The maximum absolute atomic E-state index is 13.0. The number of nitrogens with zero attached hydrogens (tertiary/aromatic N) is 2. The number of phenolic OH excluding ortho intramolecular Hbond substituents is 1. The van der Waals surface area contributed by atoms with Gasteiger partial charge in [-0.15, -0.1) is 0 Å².